The molecule has 3 aromatic rings. The van der Waals surface area contributed by atoms with Crippen molar-refractivity contribution in [3.63, 3.8) is 0 Å². The second-order valence-corrected chi connectivity index (χ2v) is 7.66. The van der Waals surface area contributed by atoms with Crippen LogP contribution in [0.1, 0.15) is 37.8 Å². The zero-order chi connectivity index (χ0) is 22.3. The van der Waals surface area contributed by atoms with Gasteiger partial charge in [-0.15, -0.1) is 0 Å². The fourth-order valence-corrected chi connectivity index (χ4v) is 3.55. The van der Waals surface area contributed by atoms with Crippen molar-refractivity contribution in [3.05, 3.63) is 29.5 Å². The third-order valence-electron chi connectivity index (χ3n) is 5.02. The zero-order valence-electron chi connectivity index (χ0n) is 16.7. The van der Waals surface area contributed by atoms with Crippen LogP contribution in [0.3, 0.4) is 0 Å². The molecule has 3 heterocycles. The summed E-state index contributed by atoms with van der Waals surface area (Å²) in [5.41, 5.74) is 0.0249. The molecule has 0 amide bonds. The number of halogens is 4. The van der Waals surface area contributed by atoms with Crippen molar-refractivity contribution in [2.75, 3.05) is 13.1 Å². The van der Waals surface area contributed by atoms with Gasteiger partial charge in [0, 0.05) is 6.42 Å². The van der Waals surface area contributed by atoms with E-state index in [1.165, 1.54) is 0 Å². The van der Waals surface area contributed by atoms with Crippen molar-refractivity contribution < 1.29 is 31.6 Å². The van der Waals surface area contributed by atoms with Crippen molar-refractivity contribution in [2.24, 2.45) is 5.92 Å². The van der Waals surface area contributed by atoms with Crippen molar-refractivity contribution in [1.29, 1.82) is 0 Å². The van der Waals surface area contributed by atoms with E-state index < -0.39 is 23.7 Å². The minimum Gasteiger partial charge on any atom is -0.419 e. The van der Waals surface area contributed by atoms with Crippen LogP contribution in [0.25, 0.3) is 16.9 Å². The molecule has 8 nitrogen and oxygen atoms in total. The van der Waals surface area contributed by atoms with E-state index in [9.17, 15) is 22.4 Å². The molecule has 1 aromatic carbocycles. The number of nitrogens with one attached hydrogen (secondary N) is 1. The van der Waals surface area contributed by atoms with Crippen molar-refractivity contribution in [1.82, 2.24) is 25.2 Å². The molecule has 12 heteroatoms. The Bertz CT molecular complexity index is 1120. The first-order chi connectivity index (χ1) is 14.6. The fraction of sp³-hybridized carbons (Fsp3) is 0.474. The molecule has 2 aromatic heterocycles. The Morgan fingerprint density at radius 3 is 2.81 bits per heavy atom. The standard InChI is InChI=1S/C19H19F4N5O3/c1-9(2)15-14-12(30-17(29)19(21,22)23)4-3-11(20)16(14)28(26-15)18-25-13(31-27-18)7-10-5-6-24-8-10/h3-4,9-10,24H,5-8H2,1-2H3/t10-/m1/s1. The Morgan fingerprint density at radius 2 is 2.16 bits per heavy atom. The molecule has 1 aliphatic heterocycles. The summed E-state index contributed by atoms with van der Waals surface area (Å²) in [6.07, 6.45) is -3.71. The molecule has 1 aliphatic rings. The molecule has 1 fully saturated rings. The van der Waals surface area contributed by atoms with E-state index in [2.05, 4.69) is 25.3 Å². The number of carbonyl (C=O) groups is 1. The number of alkyl halides is 3. The molecule has 1 saturated heterocycles. The highest BCUT2D eigenvalue weighted by atomic mass is 19.4. The van der Waals surface area contributed by atoms with Crippen LogP contribution in [0.2, 0.25) is 0 Å². The van der Waals surface area contributed by atoms with E-state index in [0.29, 0.717) is 18.2 Å². The highest BCUT2D eigenvalue weighted by Gasteiger charge is 2.42. The number of aromatic nitrogens is 4. The van der Waals surface area contributed by atoms with E-state index in [4.69, 9.17) is 4.52 Å². The van der Waals surface area contributed by atoms with Gasteiger partial charge in [-0.25, -0.2) is 9.18 Å². The van der Waals surface area contributed by atoms with Crippen LogP contribution in [0, 0.1) is 11.7 Å². The molecule has 1 atom stereocenters. The largest absolute Gasteiger partial charge is 0.491 e. The molecule has 166 valence electrons. The summed E-state index contributed by atoms with van der Waals surface area (Å²) in [7, 11) is 0. The molecule has 0 aliphatic carbocycles. The van der Waals surface area contributed by atoms with E-state index in [-0.39, 0.29) is 28.5 Å². The van der Waals surface area contributed by atoms with Gasteiger partial charge in [-0.05, 0) is 48.6 Å². The molecule has 0 bridgehead atoms. The predicted molar refractivity (Wildman–Crippen MR) is 99.3 cm³/mol. The topological polar surface area (TPSA) is 95.1 Å². The third-order valence-corrected chi connectivity index (χ3v) is 5.02. The smallest absolute Gasteiger partial charge is 0.419 e. The minimum absolute atomic E-state index is 0.0565. The first-order valence-corrected chi connectivity index (χ1v) is 9.69. The van der Waals surface area contributed by atoms with Crippen LogP contribution in [-0.2, 0) is 11.2 Å². The first kappa shape index (κ1) is 21.2. The summed E-state index contributed by atoms with van der Waals surface area (Å²) >= 11 is 0. The van der Waals surface area contributed by atoms with E-state index in [0.717, 1.165) is 36.3 Å². The van der Waals surface area contributed by atoms with Crippen molar-refractivity contribution in [3.8, 4) is 11.7 Å². The minimum atomic E-state index is -5.20. The van der Waals surface area contributed by atoms with Crippen LogP contribution >= 0.6 is 0 Å². The van der Waals surface area contributed by atoms with E-state index >= 15 is 0 Å². The summed E-state index contributed by atoms with van der Waals surface area (Å²) in [5, 5.41) is 11.3. The number of hydrogen-bond donors (Lipinski definition) is 1. The van der Waals surface area contributed by atoms with Crippen molar-refractivity contribution in [2.45, 2.75) is 38.8 Å². The van der Waals surface area contributed by atoms with Gasteiger partial charge in [0.05, 0.1) is 11.1 Å². The fourth-order valence-electron chi connectivity index (χ4n) is 3.55. The quantitative estimate of drug-likeness (QED) is 0.369. The van der Waals surface area contributed by atoms with E-state index in [1.807, 2.05) is 0 Å². The van der Waals surface area contributed by atoms with Gasteiger partial charge < -0.3 is 14.6 Å². The Morgan fingerprint density at radius 1 is 1.39 bits per heavy atom. The maximum absolute atomic E-state index is 14.8. The highest BCUT2D eigenvalue weighted by Crippen LogP contribution is 2.36. The summed E-state index contributed by atoms with van der Waals surface area (Å²) in [5.74, 6) is -3.35. The summed E-state index contributed by atoms with van der Waals surface area (Å²) in [6, 6.07) is 1.86. The number of rotatable bonds is 5. The second kappa shape index (κ2) is 7.91. The molecule has 4 rings (SSSR count). The van der Waals surface area contributed by atoms with Gasteiger partial charge in [0.2, 0.25) is 5.89 Å². The summed E-state index contributed by atoms with van der Waals surface area (Å²) < 4.78 is 63.8. The third kappa shape index (κ3) is 4.11. The molecular weight excluding hydrogens is 422 g/mol. The average molecular weight is 441 g/mol. The van der Waals surface area contributed by atoms with Gasteiger partial charge in [0.15, 0.2) is 0 Å². The molecule has 1 N–H and O–H groups in total. The molecule has 0 spiro atoms. The molecule has 0 unspecified atom stereocenters. The number of nitrogens with zero attached hydrogens (tertiary/aromatic N) is 4. The normalized spacial score (nSPS) is 17.1. The Kier molecular flexibility index (Phi) is 5.42. The highest BCUT2D eigenvalue weighted by molar-refractivity contribution is 5.92. The van der Waals surface area contributed by atoms with Crippen LogP contribution in [0.4, 0.5) is 17.6 Å². The predicted octanol–water partition coefficient (Wildman–Crippen LogP) is 3.29. The number of ether oxygens (including phenoxy) is 1. The van der Waals surface area contributed by atoms with Crippen LogP contribution in [0.5, 0.6) is 5.75 Å². The number of benzene rings is 1. The first-order valence-electron chi connectivity index (χ1n) is 9.69. The zero-order valence-corrected chi connectivity index (χ0v) is 16.7. The van der Waals surface area contributed by atoms with Gasteiger partial charge in [-0.2, -0.15) is 27.9 Å². The number of carbonyl (C=O) groups excluding carboxylic acids is 1. The average Bonchev–Trinajstić information content (AvgIpc) is 3.43. The molecule has 0 radical (unpaired) electrons. The monoisotopic (exact) mass is 441 g/mol. The summed E-state index contributed by atoms with van der Waals surface area (Å²) in [4.78, 5) is 15.7. The summed E-state index contributed by atoms with van der Waals surface area (Å²) in [6.45, 7) is 5.17. The Labute approximate surface area is 173 Å². The SMILES string of the molecule is CC(C)c1nn(-c2noc(C[C@H]3CCNC3)n2)c2c(F)ccc(OC(=O)C(F)(F)F)c12. The lowest BCUT2D eigenvalue weighted by Crippen LogP contribution is -2.28. The lowest BCUT2D eigenvalue weighted by molar-refractivity contribution is -0.189. The van der Waals surface area contributed by atoms with Crippen molar-refractivity contribution >= 4 is 16.9 Å². The van der Waals surface area contributed by atoms with Gasteiger partial charge in [-0.3, -0.25) is 0 Å². The van der Waals surface area contributed by atoms with E-state index in [1.54, 1.807) is 13.8 Å². The Balaban J connectivity index is 1.79. The molecule has 31 heavy (non-hydrogen) atoms. The number of esters is 1. The second-order valence-electron chi connectivity index (χ2n) is 7.66. The number of hydrogen-bond acceptors (Lipinski definition) is 7. The van der Waals surface area contributed by atoms with Crippen LogP contribution in [0.15, 0.2) is 16.7 Å². The maximum atomic E-state index is 14.8. The van der Waals surface area contributed by atoms with Gasteiger partial charge >= 0.3 is 12.1 Å². The van der Waals surface area contributed by atoms with Gasteiger partial charge in [0.25, 0.3) is 5.95 Å². The lowest BCUT2D eigenvalue weighted by Gasteiger charge is -2.10. The van der Waals surface area contributed by atoms with Crippen LogP contribution < -0.4 is 10.1 Å². The Hall–Kier alpha value is -3.02. The molecular formula is C19H19F4N5O3. The molecule has 0 saturated carbocycles. The lowest BCUT2D eigenvalue weighted by atomic mass is 10.1. The number of fused-ring (bicyclic) bond motifs is 1. The van der Waals surface area contributed by atoms with Gasteiger partial charge in [-0.1, -0.05) is 13.8 Å². The maximum Gasteiger partial charge on any atom is 0.491 e. The van der Waals surface area contributed by atoms with Crippen LogP contribution in [-0.4, -0.2) is 45.2 Å². The van der Waals surface area contributed by atoms with Gasteiger partial charge in [0.1, 0.15) is 17.1 Å².